The van der Waals surface area contributed by atoms with Crippen LogP contribution < -0.4 is 0 Å². The van der Waals surface area contributed by atoms with Crippen molar-refractivity contribution in [3.63, 3.8) is 0 Å². The van der Waals surface area contributed by atoms with Gasteiger partial charge in [0.1, 0.15) is 30.5 Å². The molecule has 0 spiro atoms. The van der Waals surface area contributed by atoms with E-state index >= 15 is 0 Å². The van der Waals surface area contributed by atoms with Gasteiger partial charge in [-0.1, -0.05) is 62.0 Å². The Hall–Kier alpha value is -1.85. The molecule has 1 rings (SSSR count). The van der Waals surface area contributed by atoms with Crippen LogP contribution in [0.2, 0.25) is 0 Å². The summed E-state index contributed by atoms with van der Waals surface area (Å²) in [6.07, 6.45) is 17.8. The van der Waals surface area contributed by atoms with E-state index in [1.807, 2.05) is 0 Å². The summed E-state index contributed by atoms with van der Waals surface area (Å²) in [5.41, 5.74) is 0. The lowest BCUT2D eigenvalue weighted by molar-refractivity contribution is -0.305. The van der Waals surface area contributed by atoms with Gasteiger partial charge in [0, 0.05) is 13.5 Å². The molecule has 0 aliphatic carbocycles. The van der Waals surface area contributed by atoms with Gasteiger partial charge in [-0.05, 0) is 44.9 Å². The minimum atomic E-state index is -1.54. The van der Waals surface area contributed by atoms with Crippen molar-refractivity contribution in [2.24, 2.45) is 0 Å². The molecule has 0 aromatic carbocycles. The smallest absolute Gasteiger partial charge is 0.303 e. The summed E-state index contributed by atoms with van der Waals surface area (Å²) < 4.78 is 21.6. The standard InChI is InChI=1S/C29H48O9/c1-3-4-5-6-7-8-9-10-11-12-13-14-15-16-17-18-19-35-21-24(37-23(2)31)22-36-29-28(34)27(33)26(32)25(20-30)38-29/h4-5,7-8,10-11,13-14,24-30,32-34H,3,6,9,12,15-22H2,1-2H3/b5-4-,8-7-,11-10-,14-13-. The summed E-state index contributed by atoms with van der Waals surface area (Å²) in [7, 11) is 0. The lowest BCUT2D eigenvalue weighted by Gasteiger charge is -2.39. The Bertz CT molecular complexity index is 717. The molecule has 1 aliphatic rings. The van der Waals surface area contributed by atoms with Gasteiger partial charge in [0.15, 0.2) is 6.29 Å². The fraction of sp³-hybridized carbons (Fsp3) is 0.690. The molecule has 9 heteroatoms. The largest absolute Gasteiger partial charge is 0.458 e. The summed E-state index contributed by atoms with van der Waals surface area (Å²) in [6.45, 7) is 3.32. The highest BCUT2D eigenvalue weighted by atomic mass is 16.7. The number of unbranched alkanes of at least 4 members (excludes halogenated alkanes) is 3. The Morgan fingerprint density at radius 3 is 2.08 bits per heavy atom. The van der Waals surface area contributed by atoms with E-state index in [1.54, 1.807) is 0 Å². The monoisotopic (exact) mass is 540 g/mol. The van der Waals surface area contributed by atoms with Crippen LogP contribution >= 0.6 is 0 Å². The third kappa shape index (κ3) is 15.5. The van der Waals surface area contributed by atoms with Crippen molar-refractivity contribution in [3.8, 4) is 0 Å². The third-order valence-electron chi connectivity index (χ3n) is 5.81. The van der Waals surface area contributed by atoms with Crippen molar-refractivity contribution in [2.75, 3.05) is 26.4 Å². The van der Waals surface area contributed by atoms with Gasteiger partial charge in [-0.2, -0.15) is 0 Å². The van der Waals surface area contributed by atoms with E-state index in [4.69, 9.17) is 18.9 Å². The van der Waals surface area contributed by atoms with E-state index in [0.717, 1.165) is 51.4 Å². The second-order valence-corrected chi connectivity index (χ2v) is 9.19. The highest BCUT2D eigenvalue weighted by molar-refractivity contribution is 5.66. The predicted octanol–water partition coefficient (Wildman–Crippen LogP) is 3.12. The van der Waals surface area contributed by atoms with Crippen LogP contribution in [-0.2, 0) is 23.7 Å². The van der Waals surface area contributed by atoms with E-state index in [1.165, 1.54) is 6.92 Å². The molecule has 38 heavy (non-hydrogen) atoms. The van der Waals surface area contributed by atoms with E-state index in [-0.39, 0.29) is 13.2 Å². The fourth-order valence-electron chi connectivity index (χ4n) is 3.71. The second kappa shape index (κ2) is 22.0. The highest BCUT2D eigenvalue weighted by Crippen LogP contribution is 2.22. The number of carbonyl (C=O) groups is 1. The van der Waals surface area contributed by atoms with Gasteiger partial charge >= 0.3 is 5.97 Å². The van der Waals surface area contributed by atoms with Gasteiger partial charge in [-0.15, -0.1) is 0 Å². The maximum absolute atomic E-state index is 11.4. The van der Waals surface area contributed by atoms with E-state index in [2.05, 4.69) is 55.5 Å². The Labute approximate surface area is 227 Å². The molecule has 0 amide bonds. The normalized spacial score (nSPS) is 25.3. The van der Waals surface area contributed by atoms with E-state index < -0.39 is 49.4 Å². The molecule has 0 bridgehead atoms. The van der Waals surface area contributed by atoms with Crippen molar-refractivity contribution < 1.29 is 44.2 Å². The van der Waals surface area contributed by atoms with Gasteiger partial charge in [-0.25, -0.2) is 0 Å². The number of ether oxygens (including phenoxy) is 4. The van der Waals surface area contributed by atoms with Crippen molar-refractivity contribution >= 4 is 5.97 Å². The summed E-state index contributed by atoms with van der Waals surface area (Å²) in [4.78, 5) is 11.4. The maximum Gasteiger partial charge on any atom is 0.303 e. The molecular formula is C29H48O9. The average molecular weight is 541 g/mol. The highest BCUT2D eigenvalue weighted by Gasteiger charge is 2.44. The molecule has 4 N–H and O–H groups in total. The van der Waals surface area contributed by atoms with E-state index in [9.17, 15) is 25.2 Å². The third-order valence-corrected chi connectivity index (χ3v) is 5.81. The topological polar surface area (TPSA) is 135 Å². The molecular weight excluding hydrogens is 492 g/mol. The average Bonchev–Trinajstić information content (AvgIpc) is 2.90. The number of hydrogen-bond acceptors (Lipinski definition) is 9. The SMILES string of the molecule is CC/C=C\C/C=C\C/C=C\C/C=C\CCCCCOCC(COC1OC(CO)C(O)C(O)C1O)OC(C)=O. The number of aliphatic hydroxyl groups is 4. The zero-order chi connectivity index (χ0) is 28.0. The van der Waals surface area contributed by atoms with Crippen LogP contribution in [0.5, 0.6) is 0 Å². The molecule has 0 saturated carbocycles. The number of hydrogen-bond donors (Lipinski definition) is 4. The van der Waals surface area contributed by atoms with Gasteiger partial charge in [-0.3, -0.25) is 4.79 Å². The van der Waals surface area contributed by atoms with Crippen LogP contribution in [0.25, 0.3) is 0 Å². The zero-order valence-electron chi connectivity index (χ0n) is 22.9. The fourth-order valence-corrected chi connectivity index (χ4v) is 3.71. The Kier molecular flexibility index (Phi) is 19.8. The van der Waals surface area contributed by atoms with Crippen molar-refractivity contribution in [3.05, 3.63) is 48.6 Å². The molecule has 6 unspecified atom stereocenters. The van der Waals surface area contributed by atoms with E-state index in [0.29, 0.717) is 6.61 Å². The summed E-state index contributed by atoms with van der Waals surface area (Å²) >= 11 is 0. The van der Waals surface area contributed by atoms with Crippen LogP contribution in [0, 0.1) is 0 Å². The van der Waals surface area contributed by atoms with Crippen molar-refractivity contribution in [1.82, 2.24) is 0 Å². The first-order valence-electron chi connectivity index (χ1n) is 13.7. The van der Waals surface area contributed by atoms with Crippen LogP contribution in [0.4, 0.5) is 0 Å². The second-order valence-electron chi connectivity index (χ2n) is 9.19. The molecule has 1 fully saturated rings. The predicted molar refractivity (Wildman–Crippen MR) is 145 cm³/mol. The molecule has 0 aromatic heterocycles. The van der Waals surface area contributed by atoms with Crippen molar-refractivity contribution in [1.29, 1.82) is 0 Å². The minimum absolute atomic E-state index is 0.105. The number of rotatable bonds is 20. The first kappa shape index (κ1) is 34.2. The van der Waals surface area contributed by atoms with Crippen LogP contribution in [0.15, 0.2) is 48.6 Å². The zero-order valence-corrected chi connectivity index (χ0v) is 22.9. The van der Waals surface area contributed by atoms with Crippen LogP contribution in [0.1, 0.15) is 65.2 Å². The molecule has 1 saturated heterocycles. The number of aliphatic hydroxyl groups excluding tert-OH is 4. The Balaban J connectivity index is 2.16. The minimum Gasteiger partial charge on any atom is -0.458 e. The molecule has 0 radical (unpaired) electrons. The summed E-state index contributed by atoms with van der Waals surface area (Å²) in [5, 5.41) is 39.0. The first-order valence-corrected chi connectivity index (χ1v) is 13.7. The molecule has 9 nitrogen and oxygen atoms in total. The van der Waals surface area contributed by atoms with Crippen molar-refractivity contribution in [2.45, 2.75) is 102 Å². The maximum atomic E-state index is 11.4. The molecule has 0 aromatic rings. The number of carbonyl (C=O) groups excluding carboxylic acids is 1. The first-order chi connectivity index (χ1) is 18.4. The number of esters is 1. The Morgan fingerprint density at radius 1 is 0.842 bits per heavy atom. The van der Waals surface area contributed by atoms with Crippen LogP contribution in [0.3, 0.4) is 0 Å². The lowest BCUT2D eigenvalue weighted by atomic mass is 9.99. The molecule has 6 atom stereocenters. The Morgan fingerprint density at radius 2 is 1.47 bits per heavy atom. The number of allylic oxidation sites excluding steroid dienone is 8. The molecule has 1 heterocycles. The molecule has 1 aliphatic heterocycles. The summed E-state index contributed by atoms with van der Waals surface area (Å²) in [5.74, 6) is -0.506. The van der Waals surface area contributed by atoms with Crippen LogP contribution in [-0.4, -0.2) is 89.6 Å². The van der Waals surface area contributed by atoms with Gasteiger partial charge in [0.2, 0.25) is 0 Å². The van der Waals surface area contributed by atoms with Gasteiger partial charge in [0.05, 0.1) is 19.8 Å². The van der Waals surface area contributed by atoms with Gasteiger partial charge in [0.25, 0.3) is 0 Å². The lowest BCUT2D eigenvalue weighted by Crippen LogP contribution is -2.59. The quantitative estimate of drug-likeness (QED) is 0.104. The van der Waals surface area contributed by atoms with Gasteiger partial charge < -0.3 is 39.4 Å². The summed E-state index contributed by atoms with van der Waals surface area (Å²) in [6, 6.07) is 0. The molecule has 218 valence electrons.